The zero-order valence-electron chi connectivity index (χ0n) is 14.9. The van der Waals surface area contributed by atoms with Crippen molar-refractivity contribution in [3.05, 3.63) is 45.9 Å². The Morgan fingerprint density at radius 1 is 1.30 bits per heavy atom. The highest BCUT2D eigenvalue weighted by molar-refractivity contribution is 7.82. The third-order valence-corrected chi connectivity index (χ3v) is 6.14. The van der Waals surface area contributed by atoms with Gasteiger partial charge in [0, 0.05) is 36.7 Å². The quantitative estimate of drug-likeness (QED) is 0.307. The fraction of sp³-hybridized carbons (Fsp3) is 0.375. The maximum absolute atomic E-state index is 13.4. The van der Waals surface area contributed by atoms with Gasteiger partial charge in [-0.1, -0.05) is 0 Å². The highest BCUT2D eigenvalue weighted by Gasteiger charge is 2.43. The summed E-state index contributed by atoms with van der Waals surface area (Å²) < 4.78 is 23.7. The summed E-state index contributed by atoms with van der Waals surface area (Å²) in [5, 5.41) is 25.7. The minimum atomic E-state index is -3.79. The summed E-state index contributed by atoms with van der Waals surface area (Å²) in [6.07, 6.45) is 1.40. The SMILES string of the molecule is CCOC(=O)C1=NN(c2ccc([N+](=O)[O-])cc2)C=C(CCO)[P@@]1(=O)OCC. The molecule has 0 fully saturated rings. The van der Waals surface area contributed by atoms with Gasteiger partial charge >= 0.3 is 5.97 Å². The number of ether oxygens (including phenoxy) is 1. The minimum Gasteiger partial charge on any atom is -0.461 e. The van der Waals surface area contributed by atoms with Crippen molar-refractivity contribution in [1.29, 1.82) is 0 Å². The van der Waals surface area contributed by atoms with E-state index in [2.05, 4.69) is 5.10 Å². The number of carbonyl (C=O) groups is 1. The molecule has 11 heteroatoms. The number of nitro groups is 1. The molecule has 0 amide bonds. The molecule has 27 heavy (non-hydrogen) atoms. The molecule has 0 aromatic heterocycles. The Bertz CT molecular complexity index is 820. The van der Waals surface area contributed by atoms with Gasteiger partial charge < -0.3 is 14.4 Å². The van der Waals surface area contributed by atoms with Gasteiger partial charge in [0.05, 0.1) is 23.8 Å². The van der Waals surface area contributed by atoms with Crippen LogP contribution < -0.4 is 5.01 Å². The number of non-ortho nitro benzene ring substituents is 1. The van der Waals surface area contributed by atoms with E-state index in [0.29, 0.717) is 5.69 Å². The number of carbonyl (C=O) groups excluding carboxylic acids is 1. The molecule has 1 aromatic carbocycles. The number of nitrogens with zero attached hydrogens (tertiary/aromatic N) is 3. The van der Waals surface area contributed by atoms with Crippen LogP contribution in [0.2, 0.25) is 0 Å². The van der Waals surface area contributed by atoms with Crippen LogP contribution in [0.1, 0.15) is 20.3 Å². The first-order chi connectivity index (χ1) is 12.9. The molecule has 0 aliphatic carbocycles. The summed E-state index contributed by atoms with van der Waals surface area (Å²) in [7, 11) is -3.79. The summed E-state index contributed by atoms with van der Waals surface area (Å²) in [5.41, 5.74) is -0.0963. The second kappa shape index (κ2) is 8.90. The molecule has 2 rings (SSSR count). The van der Waals surface area contributed by atoms with Gasteiger partial charge in [-0.3, -0.25) is 14.7 Å². The zero-order chi connectivity index (χ0) is 20.0. The molecule has 1 aliphatic heterocycles. The van der Waals surface area contributed by atoms with E-state index in [4.69, 9.17) is 9.26 Å². The number of hydrogen-bond donors (Lipinski definition) is 1. The third-order valence-electron chi connectivity index (χ3n) is 3.59. The smallest absolute Gasteiger partial charge is 0.365 e. The number of anilines is 1. The van der Waals surface area contributed by atoms with E-state index in [0.717, 1.165) is 0 Å². The van der Waals surface area contributed by atoms with E-state index >= 15 is 0 Å². The van der Waals surface area contributed by atoms with Gasteiger partial charge in [-0.25, -0.2) is 9.80 Å². The summed E-state index contributed by atoms with van der Waals surface area (Å²) >= 11 is 0. The number of rotatable bonds is 8. The van der Waals surface area contributed by atoms with Crippen molar-refractivity contribution < 1.29 is 28.7 Å². The average molecular weight is 397 g/mol. The highest BCUT2D eigenvalue weighted by Crippen LogP contribution is 2.59. The first-order valence-electron chi connectivity index (χ1n) is 8.24. The molecule has 1 atom stereocenters. The lowest BCUT2D eigenvalue weighted by Gasteiger charge is -2.29. The second-order valence-corrected chi connectivity index (χ2v) is 7.68. The Balaban J connectivity index is 2.53. The number of aliphatic hydroxyl groups is 1. The lowest BCUT2D eigenvalue weighted by Crippen LogP contribution is -2.28. The Morgan fingerprint density at radius 3 is 2.48 bits per heavy atom. The van der Waals surface area contributed by atoms with Crippen molar-refractivity contribution in [1.82, 2.24) is 0 Å². The average Bonchev–Trinajstić information content (AvgIpc) is 2.64. The Hall–Kier alpha value is -2.55. The van der Waals surface area contributed by atoms with Gasteiger partial charge in [-0.15, -0.1) is 0 Å². The molecule has 1 heterocycles. The topological polar surface area (TPSA) is 132 Å². The number of benzene rings is 1. The number of hydrogen-bond acceptors (Lipinski definition) is 9. The van der Waals surface area contributed by atoms with E-state index in [1.165, 1.54) is 35.5 Å². The van der Waals surface area contributed by atoms with Crippen LogP contribution in [0.5, 0.6) is 0 Å². The van der Waals surface area contributed by atoms with Crippen molar-refractivity contribution in [3.8, 4) is 0 Å². The van der Waals surface area contributed by atoms with Gasteiger partial charge in [0.1, 0.15) is 0 Å². The maximum atomic E-state index is 13.4. The molecule has 146 valence electrons. The van der Waals surface area contributed by atoms with E-state index < -0.39 is 23.7 Å². The van der Waals surface area contributed by atoms with Crippen LogP contribution >= 0.6 is 7.37 Å². The maximum Gasteiger partial charge on any atom is 0.365 e. The first kappa shape index (κ1) is 20.8. The van der Waals surface area contributed by atoms with Crippen LogP contribution in [0.25, 0.3) is 0 Å². The monoisotopic (exact) mass is 397 g/mol. The summed E-state index contributed by atoms with van der Waals surface area (Å²) in [6, 6.07) is 5.44. The molecular formula is C16H20N3O7P. The molecule has 1 aromatic rings. The van der Waals surface area contributed by atoms with Gasteiger partial charge in [-0.2, -0.15) is 5.10 Å². The number of nitro benzene ring substituents is 1. The van der Waals surface area contributed by atoms with Crippen LogP contribution in [-0.2, 0) is 18.6 Å². The van der Waals surface area contributed by atoms with Crippen molar-refractivity contribution in [2.75, 3.05) is 24.8 Å². The van der Waals surface area contributed by atoms with Crippen molar-refractivity contribution in [2.24, 2.45) is 5.10 Å². The molecule has 0 bridgehead atoms. The predicted octanol–water partition coefficient (Wildman–Crippen LogP) is 2.83. The standard InChI is InChI=1S/C16H20N3O7P/c1-3-25-16(21)15-17-18(12-5-7-13(8-6-12)19(22)23)11-14(9-10-20)27(15,24)26-4-2/h5-8,11,20H,3-4,9-10H2,1-2H3/t27-/m1/s1. The second-order valence-electron chi connectivity index (χ2n) is 5.33. The van der Waals surface area contributed by atoms with Crippen molar-refractivity contribution >= 4 is 30.2 Å². The van der Waals surface area contributed by atoms with Crippen molar-refractivity contribution in [2.45, 2.75) is 20.3 Å². The van der Waals surface area contributed by atoms with Gasteiger partial charge in [0.25, 0.3) is 13.1 Å². The van der Waals surface area contributed by atoms with E-state index in [1.54, 1.807) is 13.8 Å². The fourth-order valence-corrected chi connectivity index (χ4v) is 4.51. The molecule has 1 N–H and O–H groups in total. The Kier molecular flexibility index (Phi) is 6.84. The summed E-state index contributed by atoms with van der Waals surface area (Å²) in [5.74, 6) is -0.885. The fourth-order valence-electron chi connectivity index (χ4n) is 2.41. The number of esters is 1. The summed E-state index contributed by atoms with van der Waals surface area (Å²) in [6.45, 7) is 3.04. The molecule has 10 nitrogen and oxygen atoms in total. The van der Waals surface area contributed by atoms with Gasteiger partial charge in [0.2, 0.25) is 5.45 Å². The molecule has 0 radical (unpaired) electrons. The summed E-state index contributed by atoms with van der Waals surface area (Å²) in [4.78, 5) is 22.6. The molecule has 1 aliphatic rings. The van der Waals surface area contributed by atoms with E-state index in [9.17, 15) is 24.6 Å². The molecule has 0 saturated carbocycles. The molecule has 0 spiro atoms. The number of aliphatic hydroxyl groups excluding tert-OH is 1. The minimum absolute atomic E-state index is 0.000809. The molecular weight excluding hydrogens is 377 g/mol. The lowest BCUT2D eigenvalue weighted by atomic mass is 10.3. The number of hydrazone groups is 1. The van der Waals surface area contributed by atoms with Gasteiger partial charge in [-0.05, 0) is 26.0 Å². The third kappa shape index (κ3) is 4.41. The Morgan fingerprint density at radius 2 is 1.96 bits per heavy atom. The zero-order valence-corrected chi connectivity index (χ0v) is 15.8. The normalized spacial score (nSPS) is 19.3. The van der Waals surface area contributed by atoms with Gasteiger partial charge in [0.15, 0.2) is 0 Å². The van der Waals surface area contributed by atoms with Crippen LogP contribution in [0.3, 0.4) is 0 Å². The molecule has 0 saturated heterocycles. The van der Waals surface area contributed by atoms with Crippen LogP contribution in [0.15, 0.2) is 40.9 Å². The molecule has 0 unspecified atom stereocenters. The largest absolute Gasteiger partial charge is 0.461 e. The predicted molar refractivity (Wildman–Crippen MR) is 98.7 cm³/mol. The highest BCUT2D eigenvalue weighted by atomic mass is 31.2. The Labute approximate surface area is 155 Å². The van der Waals surface area contributed by atoms with E-state index in [-0.39, 0.29) is 37.2 Å². The van der Waals surface area contributed by atoms with Crippen LogP contribution in [0, 0.1) is 10.1 Å². The van der Waals surface area contributed by atoms with Crippen LogP contribution in [-0.4, -0.2) is 41.3 Å². The van der Waals surface area contributed by atoms with E-state index in [1.807, 2.05) is 0 Å². The lowest BCUT2D eigenvalue weighted by molar-refractivity contribution is -0.384. The first-order valence-corrected chi connectivity index (χ1v) is 9.86. The van der Waals surface area contributed by atoms with Crippen molar-refractivity contribution in [3.63, 3.8) is 0 Å². The van der Waals surface area contributed by atoms with Crippen LogP contribution in [0.4, 0.5) is 11.4 Å².